The monoisotopic (exact) mass is 504 g/mol. The summed E-state index contributed by atoms with van der Waals surface area (Å²) in [5.74, 6) is -6.86. The lowest BCUT2D eigenvalue weighted by Gasteiger charge is -2.17. The number of ether oxygens (including phenoxy) is 1. The SMILES string of the molecule is O=C(O)CC(OC(=O)c1cc2ccccc2c(Cc2c(O)c(C(=O)O)cc3ccccc23)c1O)C(=O)O. The number of aromatic carboxylic acids is 1. The van der Waals surface area contributed by atoms with Gasteiger partial charge in [-0.25, -0.2) is 14.4 Å². The molecule has 4 aromatic carbocycles. The van der Waals surface area contributed by atoms with Gasteiger partial charge >= 0.3 is 23.9 Å². The number of carbonyl (C=O) groups is 4. The predicted molar refractivity (Wildman–Crippen MR) is 130 cm³/mol. The second-order valence-corrected chi connectivity index (χ2v) is 8.26. The lowest BCUT2D eigenvalue weighted by Crippen LogP contribution is -2.29. The Kier molecular flexibility index (Phi) is 6.66. The first-order chi connectivity index (χ1) is 17.6. The van der Waals surface area contributed by atoms with Crippen LogP contribution >= 0.6 is 0 Å². The van der Waals surface area contributed by atoms with Gasteiger partial charge in [0, 0.05) is 17.5 Å². The van der Waals surface area contributed by atoms with E-state index in [1.807, 2.05) is 0 Å². The fourth-order valence-corrected chi connectivity index (χ4v) is 4.21. The molecule has 37 heavy (non-hydrogen) atoms. The first kappa shape index (κ1) is 25.0. The standard InChI is InChI=1S/C27H20O10/c28-22(29)12-21(26(34)35)37-27(36)20-10-14-6-2-4-8-16(14)18(24(20)31)11-17-15-7-3-1-5-13(15)9-19(23(17)30)25(32)33/h1-10,21,30-31H,11-12H2,(H,28,29)(H,32,33)(H,34,35). The Morgan fingerprint density at radius 1 is 0.730 bits per heavy atom. The summed E-state index contributed by atoms with van der Waals surface area (Å²) in [5, 5.41) is 51.7. The highest BCUT2D eigenvalue weighted by Crippen LogP contribution is 2.39. The van der Waals surface area contributed by atoms with Crippen LogP contribution in [0.2, 0.25) is 0 Å². The van der Waals surface area contributed by atoms with Crippen LogP contribution in [0.4, 0.5) is 0 Å². The van der Waals surface area contributed by atoms with E-state index in [-0.39, 0.29) is 23.1 Å². The lowest BCUT2D eigenvalue weighted by molar-refractivity contribution is -0.153. The molecule has 5 N–H and O–H groups in total. The molecule has 0 spiro atoms. The largest absolute Gasteiger partial charge is 0.507 e. The number of aromatic hydroxyl groups is 2. The number of esters is 1. The van der Waals surface area contributed by atoms with E-state index in [1.165, 1.54) is 12.1 Å². The Bertz CT molecular complexity index is 1590. The molecule has 0 radical (unpaired) electrons. The van der Waals surface area contributed by atoms with Crippen molar-refractivity contribution in [2.75, 3.05) is 0 Å². The predicted octanol–water partition coefficient (Wildman–Crippen LogP) is 3.78. The zero-order chi connectivity index (χ0) is 26.9. The van der Waals surface area contributed by atoms with E-state index in [2.05, 4.69) is 0 Å². The van der Waals surface area contributed by atoms with Gasteiger partial charge in [-0.05, 0) is 33.7 Å². The van der Waals surface area contributed by atoms with Gasteiger partial charge in [0.2, 0.25) is 6.10 Å². The number of carboxylic acids is 3. The maximum atomic E-state index is 12.9. The van der Waals surface area contributed by atoms with E-state index >= 15 is 0 Å². The van der Waals surface area contributed by atoms with Crippen LogP contribution < -0.4 is 0 Å². The molecule has 10 heteroatoms. The topological polar surface area (TPSA) is 179 Å². The normalized spacial score (nSPS) is 11.8. The Balaban J connectivity index is 1.89. The summed E-state index contributed by atoms with van der Waals surface area (Å²) in [6.45, 7) is 0. The number of benzene rings is 4. The van der Waals surface area contributed by atoms with Crippen LogP contribution in [0.25, 0.3) is 21.5 Å². The molecule has 0 aromatic heterocycles. The average molecular weight is 504 g/mol. The summed E-state index contributed by atoms with van der Waals surface area (Å²) < 4.78 is 4.88. The summed E-state index contributed by atoms with van der Waals surface area (Å²) in [4.78, 5) is 47.0. The number of fused-ring (bicyclic) bond motifs is 2. The third kappa shape index (κ3) is 4.85. The summed E-state index contributed by atoms with van der Waals surface area (Å²) >= 11 is 0. The van der Waals surface area contributed by atoms with Crippen molar-refractivity contribution in [3.63, 3.8) is 0 Å². The maximum Gasteiger partial charge on any atom is 0.345 e. The highest BCUT2D eigenvalue weighted by atomic mass is 16.6. The number of phenols is 2. The summed E-state index contributed by atoms with van der Waals surface area (Å²) in [5.41, 5.74) is -0.413. The van der Waals surface area contributed by atoms with E-state index in [0.29, 0.717) is 21.5 Å². The minimum absolute atomic E-state index is 0.151. The van der Waals surface area contributed by atoms with Gasteiger partial charge in [-0.3, -0.25) is 4.79 Å². The molecular formula is C27H20O10. The van der Waals surface area contributed by atoms with Gasteiger partial charge in [0.25, 0.3) is 0 Å². The van der Waals surface area contributed by atoms with Crippen LogP contribution in [0.1, 0.15) is 38.3 Å². The Labute approximate surface area is 208 Å². The molecular weight excluding hydrogens is 484 g/mol. The van der Waals surface area contributed by atoms with Gasteiger partial charge in [0.1, 0.15) is 22.6 Å². The van der Waals surface area contributed by atoms with E-state index in [1.54, 1.807) is 48.5 Å². The van der Waals surface area contributed by atoms with Crippen molar-refractivity contribution in [2.45, 2.75) is 18.9 Å². The van der Waals surface area contributed by atoms with Gasteiger partial charge in [-0.15, -0.1) is 0 Å². The first-order valence-electron chi connectivity index (χ1n) is 10.9. The third-order valence-electron chi connectivity index (χ3n) is 5.94. The Morgan fingerprint density at radius 2 is 1.22 bits per heavy atom. The van der Waals surface area contributed by atoms with Gasteiger partial charge in [0.05, 0.1) is 6.42 Å². The van der Waals surface area contributed by atoms with Crippen LogP contribution in [0.5, 0.6) is 11.5 Å². The van der Waals surface area contributed by atoms with E-state index in [4.69, 9.17) is 9.84 Å². The van der Waals surface area contributed by atoms with Crippen molar-refractivity contribution in [3.8, 4) is 11.5 Å². The molecule has 4 aromatic rings. The molecule has 10 nitrogen and oxygen atoms in total. The molecule has 188 valence electrons. The summed E-state index contributed by atoms with van der Waals surface area (Å²) in [6.07, 6.45) is -3.16. The molecule has 0 saturated heterocycles. The van der Waals surface area contributed by atoms with Crippen LogP contribution in [0.3, 0.4) is 0 Å². The molecule has 1 atom stereocenters. The molecule has 0 aliphatic rings. The van der Waals surface area contributed by atoms with Crippen LogP contribution in [-0.2, 0) is 20.7 Å². The second-order valence-electron chi connectivity index (χ2n) is 8.26. The van der Waals surface area contributed by atoms with E-state index < -0.39 is 53.5 Å². The van der Waals surface area contributed by atoms with Gasteiger partial charge in [0.15, 0.2) is 0 Å². The quantitative estimate of drug-likeness (QED) is 0.222. The molecule has 0 aliphatic carbocycles. The number of hydrogen-bond acceptors (Lipinski definition) is 7. The number of aliphatic carboxylic acids is 2. The average Bonchev–Trinajstić information content (AvgIpc) is 2.85. The van der Waals surface area contributed by atoms with Gasteiger partial charge in [-0.1, -0.05) is 48.5 Å². The van der Waals surface area contributed by atoms with Crippen molar-refractivity contribution in [3.05, 3.63) is 82.9 Å². The van der Waals surface area contributed by atoms with Crippen molar-refractivity contribution in [1.82, 2.24) is 0 Å². The molecule has 0 aliphatic heterocycles. The van der Waals surface area contributed by atoms with Crippen molar-refractivity contribution in [2.24, 2.45) is 0 Å². The zero-order valence-electron chi connectivity index (χ0n) is 19.0. The van der Waals surface area contributed by atoms with Crippen molar-refractivity contribution >= 4 is 45.4 Å². The minimum atomic E-state index is -1.99. The molecule has 0 fully saturated rings. The van der Waals surface area contributed by atoms with Crippen molar-refractivity contribution < 1.29 is 49.4 Å². The third-order valence-corrected chi connectivity index (χ3v) is 5.94. The minimum Gasteiger partial charge on any atom is -0.507 e. The van der Waals surface area contributed by atoms with Crippen molar-refractivity contribution in [1.29, 1.82) is 0 Å². The second kappa shape index (κ2) is 9.86. The smallest absolute Gasteiger partial charge is 0.345 e. The fourth-order valence-electron chi connectivity index (χ4n) is 4.21. The molecule has 0 heterocycles. The molecule has 0 bridgehead atoms. The van der Waals surface area contributed by atoms with Crippen LogP contribution in [0.15, 0.2) is 60.7 Å². The van der Waals surface area contributed by atoms with Gasteiger partial charge < -0.3 is 30.3 Å². The molecule has 0 amide bonds. The highest BCUT2D eigenvalue weighted by molar-refractivity contribution is 6.03. The molecule has 1 unspecified atom stereocenters. The van der Waals surface area contributed by atoms with Gasteiger partial charge in [-0.2, -0.15) is 0 Å². The number of carbonyl (C=O) groups excluding carboxylic acids is 1. The number of rotatable bonds is 8. The molecule has 4 rings (SSSR count). The highest BCUT2D eigenvalue weighted by Gasteiger charge is 2.29. The Morgan fingerprint density at radius 3 is 1.70 bits per heavy atom. The maximum absolute atomic E-state index is 12.9. The Hall–Kier alpha value is -5.12. The van der Waals surface area contributed by atoms with Crippen LogP contribution in [0, 0.1) is 0 Å². The summed E-state index contributed by atoms with van der Waals surface area (Å²) in [6, 6.07) is 16.0. The molecule has 0 saturated carbocycles. The van der Waals surface area contributed by atoms with E-state index in [9.17, 15) is 39.6 Å². The van der Waals surface area contributed by atoms with Crippen LogP contribution in [-0.4, -0.2) is 55.5 Å². The number of hydrogen-bond donors (Lipinski definition) is 5. The fraction of sp³-hybridized carbons (Fsp3) is 0.111. The number of carboxylic acid groups (broad SMARTS) is 3. The first-order valence-corrected chi connectivity index (χ1v) is 10.9. The zero-order valence-corrected chi connectivity index (χ0v) is 19.0. The van der Waals surface area contributed by atoms with E-state index in [0.717, 1.165) is 0 Å². The number of phenolic OH excluding ortho intramolecular Hbond substituents is 1. The lowest BCUT2D eigenvalue weighted by atomic mass is 9.90. The summed E-state index contributed by atoms with van der Waals surface area (Å²) in [7, 11) is 0.